The van der Waals surface area contributed by atoms with Crippen molar-refractivity contribution in [2.75, 3.05) is 31.2 Å². The third-order valence-corrected chi connectivity index (χ3v) is 4.09. The van der Waals surface area contributed by atoms with Gasteiger partial charge in [-0.1, -0.05) is 20.8 Å². The normalized spacial score (nSPS) is 18.3. The lowest BCUT2D eigenvalue weighted by Gasteiger charge is -2.24. The Labute approximate surface area is 143 Å². The van der Waals surface area contributed by atoms with Crippen molar-refractivity contribution >= 4 is 28.3 Å². The van der Waals surface area contributed by atoms with E-state index in [0.29, 0.717) is 12.5 Å². The number of aromatic nitrogens is 3. The highest BCUT2D eigenvalue weighted by Crippen LogP contribution is 2.28. The number of hydrogen-bond donors (Lipinski definition) is 0. The van der Waals surface area contributed by atoms with Crippen molar-refractivity contribution in [3.63, 3.8) is 0 Å². The molecule has 2 aromatic heterocycles. The van der Waals surface area contributed by atoms with E-state index in [1.165, 1.54) is 0 Å². The molecule has 0 saturated carbocycles. The van der Waals surface area contributed by atoms with Gasteiger partial charge in [0.05, 0.1) is 24.1 Å². The van der Waals surface area contributed by atoms with E-state index in [9.17, 15) is 0 Å². The topological polar surface area (TPSA) is 51.1 Å². The Bertz CT molecular complexity index is 677. The molecule has 0 spiro atoms. The summed E-state index contributed by atoms with van der Waals surface area (Å²) in [5, 5.41) is 1.24. The molecule has 0 N–H and O–H groups in total. The summed E-state index contributed by atoms with van der Waals surface area (Å²) in [6, 6.07) is 0. The lowest BCUT2D eigenvalue weighted by molar-refractivity contribution is 0.129. The summed E-state index contributed by atoms with van der Waals surface area (Å²) in [5.41, 5.74) is 2.91. The molecule has 0 aromatic carbocycles. The molecule has 0 aliphatic carbocycles. The zero-order valence-electron chi connectivity index (χ0n) is 14.6. The second-order valence-electron chi connectivity index (χ2n) is 5.67. The fraction of sp³-hybridized carbons (Fsp3) is 0.588. The molecular weight excluding hydrogens is 312 g/mol. The molecule has 1 unspecified atom stereocenters. The number of pyridine rings is 1. The number of ether oxygens (including phenoxy) is 1. The first-order valence-electron chi connectivity index (χ1n) is 8.18. The first-order valence-corrected chi connectivity index (χ1v) is 8.56. The third kappa shape index (κ3) is 3.90. The number of halogens is 1. The number of nitrogens with zero attached hydrogens (tertiary/aromatic N) is 4. The van der Waals surface area contributed by atoms with Gasteiger partial charge in [0, 0.05) is 25.0 Å². The molecule has 1 atom stereocenters. The minimum Gasteiger partial charge on any atom is -0.379 e. The number of fused-ring (bicyclic) bond motifs is 1. The van der Waals surface area contributed by atoms with Crippen molar-refractivity contribution in [1.29, 1.82) is 0 Å². The van der Waals surface area contributed by atoms with E-state index in [1.54, 1.807) is 0 Å². The summed E-state index contributed by atoms with van der Waals surface area (Å²) in [6.45, 7) is 13.4. The van der Waals surface area contributed by atoms with Gasteiger partial charge in [-0.25, -0.2) is 4.98 Å². The lowest BCUT2D eigenvalue weighted by atomic mass is 10.1. The summed E-state index contributed by atoms with van der Waals surface area (Å²) in [6.07, 6.45) is 1.85. The predicted molar refractivity (Wildman–Crippen MR) is 95.4 cm³/mol. The molecule has 1 fully saturated rings. The largest absolute Gasteiger partial charge is 0.379 e. The summed E-state index contributed by atoms with van der Waals surface area (Å²) in [5.74, 6) is 1.31. The Morgan fingerprint density at radius 3 is 2.74 bits per heavy atom. The van der Waals surface area contributed by atoms with Gasteiger partial charge < -0.3 is 9.64 Å². The van der Waals surface area contributed by atoms with Gasteiger partial charge in [-0.15, -0.1) is 0 Å². The highest BCUT2D eigenvalue weighted by atomic mass is 35.5. The number of hydrogen-bond acceptors (Lipinski definition) is 5. The van der Waals surface area contributed by atoms with Crippen molar-refractivity contribution in [3.8, 4) is 0 Å². The van der Waals surface area contributed by atoms with Crippen LogP contribution in [0.1, 0.15) is 32.0 Å². The van der Waals surface area contributed by atoms with Crippen molar-refractivity contribution in [2.24, 2.45) is 5.92 Å². The fourth-order valence-electron chi connectivity index (χ4n) is 2.68. The minimum absolute atomic E-state index is 0.281. The molecule has 3 heterocycles. The highest BCUT2D eigenvalue weighted by Gasteiger charge is 2.20. The summed E-state index contributed by atoms with van der Waals surface area (Å²) in [4.78, 5) is 15.5. The molecule has 1 saturated heterocycles. The summed E-state index contributed by atoms with van der Waals surface area (Å²) in [7, 11) is 0. The second-order valence-corrected chi connectivity index (χ2v) is 6.01. The zero-order valence-corrected chi connectivity index (χ0v) is 15.3. The minimum atomic E-state index is 0.281. The smallest absolute Gasteiger partial charge is 0.224 e. The molecule has 23 heavy (non-hydrogen) atoms. The molecule has 5 nitrogen and oxygen atoms in total. The molecule has 2 aromatic rings. The van der Waals surface area contributed by atoms with Crippen LogP contribution in [0.15, 0.2) is 6.20 Å². The van der Waals surface area contributed by atoms with Crippen LogP contribution in [0.4, 0.5) is 5.82 Å². The molecule has 1 aliphatic rings. The average Bonchev–Trinajstić information content (AvgIpc) is 2.77. The summed E-state index contributed by atoms with van der Waals surface area (Å²) >= 11 is 6.14. The molecule has 126 valence electrons. The van der Waals surface area contributed by atoms with Crippen LogP contribution in [0.5, 0.6) is 0 Å². The second kappa shape index (κ2) is 7.88. The molecule has 3 rings (SSSR count). The van der Waals surface area contributed by atoms with Gasteiger partial charge in [-0.3, -0.25) is 4.98 Å². The number of anilines is 1. The molecule has 0 amide bonds. The van der Waals surface area contributed by atoms with Crippen molar-refractivity contribution < 1.29 is 4.74 Å². The van der Waals surface area contributed by atoms with Crippen molar-refractivity contribution in [1.82, 2.24) is 15.0 Å². The zero-order chi connectivity index (χ0) is 17.0. The number of aryl methyl sites for hydroxylation is 2. The van der Waals surface area contributed by atoms with Gasteiger partial charge in [0.2, 0.25) is 5.28 Å². The van der Waals surface area contributed by atoms with E-state index < -0.39 is 0 Å². The van der Waals surface area contributed by atoms with Crippen LogP contribution in [0.3, 0.4) is 0 Å². The quantitative estimate of drug-likeness (QED) is 0.741. The predicted octanol–water partition coefficient (Wildman–Crippen LogP) is 3.79. The third-order valence-electron chi connectivity index (χ3n) is 3.92. The van der Waals surface area contributed by atoms with Gasteiger partial charge in [-0.05, 0) is 36.9 Å². The maximum atomic E-state index is 6.14. The molecule has 0 bridgehead atoms. The maximum absolute atomic E-state index is 6.14. The molecular formula is C17H25ClN4O. The van der Waals surface area contributed by atoms with Crippen molar-refractivity contribution in [2.45, 2.75) is 34.6 Å². The van der Waals surface area contributed by atoms with E-state index in [-0.39, 0.29) is 5.28 Å². The van der Waals surface area contributed by atoms with E-state index in [0.717, 1.165) is 47.7 Å². The Hall–Kier alpha value is -1.46. The Morgan fingerprint density at radius 2 is 2.00 bits per heavy atom. The van der Waals surface area contributed by atoms with Crippen LogP contribution in [0.25, 0.3) is 10.9 Å². The van der Waals surface area contributed by atoms with Gasteiger partial charge in [0.1, 0.15) is 5.82 Å². The highest BCUT2D eigenvalue weighted by molar-refractivity contribution is 6.28. The molecule has 6 heteroatoms. The Morgan fingerprint density at radius 1 is 1.26 bits per heavy atom. The van der Waals surface area contributed by atoms with E-state index in [1.807, 2.05) is 33.9 Å². The van der Waals surface area contributed by atoms with E-state index >= 15 is 0 Å². The fourth-order valence-corrected chi connectivity index (χ4v) is 2.84. The maximum Gasteiger partial charge on any atom is 0.224 e. The van der Waals surface area contributed by atoms with Crippen LogP contribution in [0, 0.1) is 19.8 Å². The van der Waals surface area contributed by atoms with E-state index in [4.69, 9.17) is 16.3 Å². The average molecular weight is 337 g/mol. The molecule has 1 aliphatic heterocycles. The first-order chi connectivity index (χ1) is 11.1. The SMILES string of the molecule is CC.Cc1ncc2c(N3CCOCC(C)C3)nc(Cl)nc2c1C. The standard InChI is InChI=1S/C15H19ClN4O.C2H6/c1-9-7-20(4-5-21-8-9)14-12-6-17-11(3)10(2)13(12)18-15(16)19-14;1-2/h6,9H,4-5,7-8H2,1-3H3;1-2H3. The van der Waals surface area contributed by atoms with Gasteiger partial charge in [0.25, 0.3) is 0 Å². The van der Waals surface area contributed by atoms with E-state index in [2.05, 4.69) is 26.8 Å². The Kier molecular flexibility index (Phi) is 6.13. The summed E-state index contributed by atoms with van der Waals surface area (Å²) < 4.78 is 5.61. The van der Waals surface area contributed by atoms with Crippen LogP contribution in [-0.2, 0) is 4.74 Å². The van der Waals surface area contributed by atoms with Crippen LogP contribution < -0.4 is 4.90 Å². The van der Waals surface area contributed by atoms with Crippen molar-refractivity contribution in [3.05, 3.63) is 22.7 Å². The van der Waals surface area contributed by atoms with Gasteiger partial charge >= 0.3 is 0 Å². The Balaban J connectivity index is 0.000000924. The van der Waals surface area contributed by atoms with Crippen LogP contribution in [0.2, 0.25) is 5.28 Å². The van der Waals surface area contributed by atoms with Gasteiger partial charge in [-0.2, -0.15) is 4.98 Å². The first kappa shape index (κ1) is 17.9. The monoisotopic (exact) mass is 336 g/mol. The van der Waals surface area contributed by atoms with Crippen LogP contribution in [-0.4, -0.2) is 41.3 Å². The lowest BCUT2D eigenvalue weighted by Crippen LogP contribution is -2.30. The molecule has 0 radical (unpaired) electrons. The number of rotatable bonds is 1. The van der Waals surface area contributed by atoms with Gasteiger partial charge in [0.15, 0.2) is 0 Å². The van der Waals surface area contributed by atoms with Crippen LogP contribution >= 0.6 is 11.6 Å².